The number of halogens is 1. The van der Waals surface area contributed by atoms with Crippen LogP contribution in [0.4, 0.5) is 0 Å². The van der Waals surface area contributed by atoms with E-state index in [1.54, 1.807) is 0 Å². The Bertz CT molecular complexity index is 513. The van der Waals surface area contributed by atoms with Crippen LogP contribution in [0.3, 0.4) is 0 Å². The highest BCUT2D eigenvalue weighted by Gasteiger charge is 2.16. The van der Waals surface area contributed by atoms with Gasteiger partial charge < -0.3 is 9.52 Å². The number of aromatic carboxylic acids is 1. The highest BCUT2D eigenvalue weighted by atomic mass is 79.9. The molecule has 1 aromatic heterocycles. The third kappa shape index (κ3) is 1.23. The van der Waals surface area contributed by atoms with Gasteiger partial charge in [0.1, 0.15) is 17.4 Å². The zero-order valence-electron chi connectivity index (χ0n) is 7.37. The number of carboxylic acids is 1. The molecule has 0 fully saturated rings. The van der Waals surface area contributed by atoms with Crippen LogP contribution in [0, 0.1) is 6.92 Å². The second-order valence-electron chi connectivity index (χ2n) is 3.02. The first-order valence-corrected chi connectivity index (χ1v) is 4.80. The van der Waals surface area contributed by atoms with Gasteiger partial charge in [0.2, 0.25) is 0 Å². The number of furan rings is 1. The normalized spacial score (nSPS) is 10.7. The van der Waals surface area contributed by atoms with Crippen molar-refractivity contribution in [3.8, 4) is 0 Å². The van der Waals surface area contributed by atoms with Crippen LogP contribution >= 0.6 is 15.9 Å². The standard InChI is InChI=1S/C10H7BrO3/c1-5-2-3-7(11)8-6(10(12)13)4-14-9(5)8/h2-4H,1H3,(H,12,13). The van der Waals surface area contributed by atoms with Crippen LogP contribution in [-0.2, 0) is 0 Å². The van der Waals surface area contributed by atoms with Gasteiger partial charge in [0.15, 0.2) is 0 Å². The summed E-state index contributed by atoms with van der Waals surface area (Å²) in [6.45, 7) is 1.88. The highest BCUT2D eigenvalue weighted by molar-refractivity contribution is 9.10. The van der Waals surface area contributed by atoms with Crippen molar-refractivity contribution in [3.05, 3.63) is 34.0 Å². The largest absolute Gasteiger partial charge is 0.478 e. The molecule has 0 atom stereocenters. The quantitative estimate of drug-likeness (QED) is 0.851. The molecule has 14 heavy (non-hydrogen) atoms. The van der Waals surface area contributed by atoms with E-state index in [1.807, 2.05) is 19.1 Å². The van der Waals surface area contributed by atoms with Crippen LogP contribution in [0.25, 0.3) is 11.0 Å². The minimum Gasteiger partial charge on any atom is -0.478 e. The fourth-order valence-corrected chi connectivity index (χ4v) is 1.93. The number of hydrogen-bond acceptors (Lipinski definition) is 2. The average Bonchev–Trinajstić information content (AvgIpc) is 2.56. The van der Waals surface area contributed by atoms with Crippen molar-refractivity contribution < 1.29 is 14.3 Å². The van der Waals surface area contributed by atoms with E-state index in [2.05, 4.69) is 15.9 Å². The van der Waals surface area contributed by atoms with E-state index in [0.29, 0.717) is 11.0 Å². The summed E-state index contributed by atoms with van der Waals surface area (Å²) in [5, 5.41) is 9.53. The molecule has 2 rings (SSSR count). The molecule has 4 heteroatoms. The summed E-state index contributed by atoms with van der Waals surface area (Å²) < 4.78 is 5.95. The second-order valence-corrected chi connectivity index (χ2v) is 3.88. The van der Waals surface area contributed by atoms with E-state index in [4.69, 9.17) is 9.52 Å². The molecular formula is C10H7BrO3. The lowest BCUT2D eigenvalue weighted by Crippen LogP contribution is -1.94. The molecule has 0 aliphatic rings. The number of hydrogen-bond donors (Lipinski definition) is 1. The predicted molar refractivity (Wildman–Crippen MR) is 55.6 cm³/mol. The molecular weight excluding hydrogens is 248 g/mol. The van der Waals surface area contributed by atoms with Gasteiger partial charge in [0.25, 0.3) is 0 Å². The van der Waals surface area contributed by atoms with Gasteiger partial charge in [-0.2, -0.15) is 0 Å². The Balaban J connectivity index is 2.90. The molecule has 0 spiro atoms. The Morgan fingerprint density at radius 2 is 2.21 bits per heavy atom. The lowest BCUT2D eigenvalue weighted by molar-refractivity contribution is 0.0698. The topological polar surface area (TPSA) is 50.4 Å². The Labute approximate surface area is 88.5 Å². The fourth-order valence-electron chi connectivity index (χ4n) is 1.40. The maximum Gasteiger partial charge on any atom is 0.339 e. The van der Waals surface area contributed by atoms with Crippen LogP contribution in [0.5, 0.6) is 0 Å². The molecule has 0 saturated carbocycles. The van der Waals surface area contributed by atoms with Gasteiger partial charge in [-0.3, -0.25) is 0 Å². The first-order valence-electron chi connectivity index (χ1n) is 4.01. The Morgan fingerprint density at radius 1 is 1.50 bits per heavy atom. The molecule has 0 amide bonds. The molecule has 1 N–H and O–H groups in total. The summed E-state index contributed by atoms with van der Waals surface area (Å²) in [5.41, 5.74) is 1.74. The summed E-state index contributed by atoms with van der Waals surface area (Å²) >= 11 is 3.31. The average molecular weight is 255 g/mol. The molecule has 72 valence electrons. The Hall–Kier alpha value is -1.29. The molecule has 0 aliphatic heterocycles. The summed E-state index contributed by atoms with van der Waals surface area (Å²) in [6.07, 6.45) is 1.27. The molecule has 0 aliphatic carbocycles. The molecule has 1 aromatic carbocycles. The van der Waals surface area contributed by atoms with E-state index in [1.165, 1.54) is 6.26 Å². The third-order valence-electron chi connectivity index (χ3n) is 2.10. The van der Waals surface area contributed by atoms with E-state index in [-0.39, 0.29) is 5.56 Å². The molecule has 2 aromatic rings. The smallest absolute Gasteiger partial charge is 0.339 e. The van der Waals surface area contributed by atoms with Gasteiger partial charge in [-0.1, -0.05) is 22.0 Å². The second kappa shape index (κ2) is 3.13. The molecule has 1 heterocycles. The SMILES string of the molecule is Cc1ccc(Br)c2c(C(=O)O)coc12. The van der Waals surface area contributed by atoms with Crippen molar-refractivity contribution in [2.24, 2.45) is 0 Å². The van der Waals surface area contributed by atoms with Crippen molar-refractivity contribution in [1.29, 1.82) is 0 Å². The van der Waals surface area contributed by atoms with Crippen LogP contribution < -0.4 is 0 Å². The number of carbonyl (C=O) groups is 1. The maximum absolute atomic E-state index is 10.9. The fraction of sp³-hybridized carbons (Fsp3) is 0.100. The van der Waals surface area contributed by atoms with Crippen LogP contribution in [-0.4, -0.2) is 11.1 Å². The third-order valence-corrected chi connectivity index (χ3v) is 2.76. The first kappa shape index (κ1) is 9.27. The molecule has 0 saturated heterocycles. The summed E-state index contributed by atoms with van der Waals surface area (Å²) in [4.78, 5) is 10.9. The first-order chi connectivity index (χ1) is 6.61. The van der Waals surface area contributed by atoms with E-state index >= 15 is 0 Å². The van der Waals surface area contributed by atoms with Crippen LogP contribution in [0.1, 0.15) is 15.9 Å². The minimum absolute atomic E-state index is 0.190. The molecule has 0 radical (unpaired) electrons. The summed E-state index contributed by atoms with van der Waals surface area (Å²) in [7, 11) is 0. The Kier molecular flexibility index (Phi) is 2.07. The number of carboxylic acid groups (broad SMARTS) is 1. The van der Waals surface area contributed by atoms with E-state index in [0.717, 1.165) is 10.0 Å². The summed E-state index contributed by atoms with van der Waals surface area (Å²) in [6, 6.07) is 3.70. The van der Waals surface area contributed by atoms with Crippen molar-refractivity contribution in [1.82, 2.24) is 0 Å². The zero-order chi connectivity index (χ0) is 10.3. The number of benzene rings is 1. The van der Waals surface area contributed by atoms with Crippen LogP contribution in [0.2, 0.25) is 0 Å². The molecule has 0 bridgehead atoms. The molecule has 0 unspecified atom stereocenters. The zero-order valence-corrected chi connectivity index (χ0v) is 8.96. The van der Waals surface area contributed by atoms with Crippen molar-refractivity contribution in [2.75, 3.05) is 0 Å². The van der Waals surface area contributed by atoms with Gasteiger partial charge in [0, 0.05) is 9.86 Å². The van der Waals surface area contributed by atoms with Crippen molar-refractivity contribution >= 4 is 32.9 Å². The van der Waals surface area contributed by atoms with Crippen LogP contribution in [0.15, 0.2) is 27.3 Å². The van der Waals surface area contributed by atoms with Gasteiger partial charge >= 0.3 is 5.97 Å². The summed E-state index contributed by atoms with van der Waals surface area (Å²) in [5.74, 6) is -0.977. The monoisotopic (exact) mass is 254 g/mol. The highest BCUT2D eigenvalue weighted by Crippen LogP contribution is 2.31. The maximum atomic E-state index is 10.9. The van der Waals surface area contributed by atoms with Gasteiger partial charge in [-0.15, -0.1) is 0 Å². The van der Waals surface area contributed by atoms with Crippen molar-refractivity contribution in [3.63, 3.8) is 0 Å². The lowest BCUT2D eigenvalue weighted by atomic mass is 10.1. The minimum atomic E-state index is -0.977. The van der Waals surface area contributed by atoms with Gasteiger partial charge in [0.05, 0.1) is 0 Å². The van der Waals surface area contributed by atoms with Crippen molar-refractivity contribution in [2.45, 2.75) is 6.92 Å². The van der Waals surface area contributed by atoms with Gasteiger partial charge in [-0.05, 0) is 18.6 Å². The van der Waals surface area contributed by atoms with E-state index < -0.39 is 5.97 Å². The number of fused-ring (bicyclic) bond motifs is 1. The predicted octanol–water partition coefficient (Wildman–Crippen LogP) is 3.20. The lowest BCUT2D eigenvalue weighted by Gasteiger charge is -1.97. The number of aryl methyl sites for hydroxylation is 1. The van der Waals surface area contributed by atoms with Gasteiger partial charge in [-0.25, -0.2) is 4.79 Å². The molecule has 3 nitrogen and oxygen atoms in total. The number of rotatable bonds is 1. The Morgan fingerprint density at radius 3 is 2.86 bits per heavy atom. The van der Waals surface area contributed by atoms with E-state index in [9.17, 15) is 4.79 Å².